The van der Waals surface area contributed by atoms with Gasteiger partial charge in [-0.2, -0.15) is 0 Å². The number of hydrogen-bond donors (Lipinski definition) is 3. The highest BCUT2D eigenvalue weighted by Crippen LogP contribution is 2.14. The SMILES string of the molecule is CCCCCCCCCCCCCCCC=CC(=O)NCCN(CCC(=O)O)CCN(CCC(=O)O)C(=O)C=CCCCCCCCCCCCCCCC. The Morgan fingerprint density at radius 2 is 0.836 bits per heavy atom. The average Bonchev–Trinajstić information content (AvgIpc) is 3.16. The third-order valence-electron chi connectivity index (χ3n) is 10.4. The van der Waals surface area contributed by atoms with Crippen LogP contribution >= 0.6 is 0 Å². The Bertz CT molecular complexity index is 985. The van der Waals surface area contributed by atoms with E-state index in [9.17, 15) is 29.4 Å². The molecule has 0 fully saturated rings. The first-order valence-corrected chi connectivity index (χ1v) is 22.9. The van der Waals surface area contributed by atoms with Crippen LogP contribution in [-0.2, 0) is 19.2 Å². The predicted octanol–water partition coefficient (Wildman–Crippen LogP) is 11.3. The minimum Gasteiger partial charge on any atom is -0.481 e. The second kappa shape index (κ2) is 41.0. The summed E-state index contributed by atoms with van der Waals surface area (Å²) in [5.74, 6) is -2.28. The van der Waals surface area contributed by atoms with Crippen LogP contribution in [0.3, 0.4) is 0 Å². The molecule has 0 aliphatic carbocycles. The molecule has 0 saturated carbocycles. The minimum atomic E-state index is -0.971. The van der Waals surface area contributed by atoms with Crippen LogP contribution in [0.25, 0.3) is 0 Å². The van der Waals surface area contributed by atoms with Crippen LogP contribution in [0, 0.1) is 0 Å². The largest absolute Gasteiger partial charge is 0.481 e. The van der Waals surface area contributed by atoms with Crippen LogP contribution in [0.2, 0.25) is 0 Å². The number of amides is 2. The lowest BCUT2D eigenvalue weighted by Gasteiger charge is -2.27. The van der Waals surface area contributed by atoms with E-state index >= 15 is 0 Å². The number of hydrogen-bond acceptors (Lipinski definition) is 5. The monoisotopic (exact) mass is 776 g/mol. The van der Waals surface area contributed by atoms with E-state index in [4.69, 9.17) is 0 Å². The molecule has 55 heavy (non-hydrogen) atoms. The Labute approximate surface area is 337 Å². The van der Waals surface area contributed by atoms with E-state index in [1.165, 1.54) is 153 Å². The lowest BCUT2D eigenvalue weighted by Crippen LogP contribution is -2.42. The first-order valence-electron chi connectivity index (χ1n) is 22.9. The summed E-state index contributed by atoms with van der Waals surface area (Å²) in [7, 11) is 0. The molecule has 0 unspecified atom stereocenters. The second-order valence-corrected chi connectivity index (χ2v) is 15.6. The van der Waals surface area contributed by atoms with Crippen molar-refractivity contribution in [2.45, 2.75) is 206 Å². The fraction of sp³-hybridized carbons (Fsp3) is 0.826. The quantitative estimate of drug-likeness (QED) is 0.0416. The minimum absolute atomic E-state index is 0.0604. The predicted molar refractivity (Wildman–Crippen MR) is 229 cm³/mol. The molecule has 0 bridgehead atoms. The van der Waals surface area contributed by atoms with Gasteiger partial charge in [-0.3, -0.25) is 24.1 Å². The summed E-state index contributed by atoms with van der Waals surface area (Å²) in [6, 6.07) is 0. The van der Waals surface area contributed by atoms with Gasteiger partial charge in [0.15, 0.2) is 0 Å². The number of nitrogens with zero attached hydrogens (tertiary/aromatic N) is 2. The second-order valence-electron chi connectivity index (χ2n) is 15.6. The number of carbonyl (C=O) groups is 4. The van der Waals surface area contributed by atoms with E-state index in [1.54, 1.807) is 12.2 Å². The van der Waals surface area contributed by atoms with Crippen LogP contribution < -0.4 is 5.32 Å². The summed E-state index contributed by atoms with van der Waals surface area (Å²) in [5.41, 5.74) is 0. The molecular formula is C46H85N3O6. The molecule has 2 amide bonds. The van der Waals surface area contributed by atoms with E-state index in [1.807, 2.05) is 17.1 Å². The van der Waals surface area contributed by atoms with Gasteiger partial charge in [0.2, 0.25) is 11.8 Å². The van der Waals surface area contributed by atoms with Crippen molar-refractivity contribution >= 4 is 23.8 Å². The van der Waals surface area contributed by atoms with Gasteiger partial charge in [-0.1, -0.05) is 180 Å². The smallest absolute Gasteiger partial charge is 0.305 e. The van der Waals surface area contributed by atoms with Crippen LogP contribution in [0.15, 0.2) is 24.3 Å². The maximum Gasteiger partial charge on any atom is 0.305 e. The van der Waals surface area contributed by atoms with Gasteiger partial charge in [-0.25, -0.2) is 0 Å². The van der Waals surface area contributed by atoms with E-state index in [-0.39, 0.29) is 44.3 Å². The van der Waals surface area contributed by atoms with Crippen molar-refractivity contribution in [3.05, 3.63) is 24.3 Å². The van der Waals surface area contributed by atoms with Crippen LogP contribution in [0.1, 0.15) is 206 Å². The molecule has 320 valence electrons. The lowest BCUT2D eigenvalue weighted by atomic mass is 10.0. The third-order valence-corrected chi connectivity index (χ3v) is 10.4. The zero-order valence-electron chi connectivity index (χ0n) is 35.7. The summed E-state index contributed by atoms with van der Waals surface area (Å²) >= 11 is 0. The average molecular weight is 776 g/mol. The molecule has 0 rings (SSSR count). The number of rotatable bonds is 42. The van der Waals surface area contributed by atoms with Crippen molar-refractivity contribution < 1.29 is 29.4 Å². The fourth-order valence-electron chi connectivity index (χ4n) is 6.85. The first kappa shape index (κ1) is 52.3. The van der Waals surface area contributed by atoms with E-state index in [0.29, 0.717) is 19.6 Å². The van der Waals surface area contributed by atoms with E-state index in [2.05, 4.69) is 19.2 Å². The van der Waals surface area contributed by atoms with Crippen molar-refractivity contribution in [1.29, 1.82) is 0 Å². The van der Waals surface area contributed by atoms with E-state index in [0.717, 1.165) is 32.1 Å². The number of aliphatic carboxylic acids is 2. The number of nitrogens with one attached hydrogen (secondary N) is 1. The Hall–Kier alpha value is -2.68. The van der Waals surface area contributed by atoms with Gasteiger partial charge in [0.25, 0.3) is 0 Å². The highest BCUT2D eigenvalue weighted by atomic mass is 16.4. The number of unbranched alkanes of at least 4 members (excludes halogenated alkanes) is 26. The molecule has 0 aromatic carbocycles. The van der Waals surface area contributed by atoms with Crippen molar-refractivity contribution in [2.24, 2.45) is 0 Å². The maximum atomic E-state index is 13.0. The molecular weight excluding hydrogens is 691 g/mol. The van der Waals surface area contributed by atoms with E-state index < -0.39 is 11.9 Å². The number of carboxylic acid groups (broad SMARTS) is 2. The number of allylic oxidation sites excluding steroid dienone is 2. The van der Waals surface area contributed by atoms with Crippen LogP contribution in [0.4, 0.5) is 0 Å². The topological polar surface area (TPSA) is 127 Å². The van der Waals surface area contributed by atoms with Gasteiger partial charge < -0.3 is 20.4 Å². The molecule has 0 atom stereocenters. The third kappa shape index (κ3) is 39.4. The van der Waals surface area contributed by atoms with Gasteiger partial charge in [0.05, 0.1) is 12.8 Å². The number of carbonyl (C=O) groups excluding carboxylic acids is 2. The summed E-state index contributed by atoms with van der Waals surface area (Å²) in [6.45, 7) is 6.32. The molecule has 0 spiro atoms. The summed E-state index contributed by atoms with van der Waals surface area (Å²) in [6.07, 6.45) is 42.3. The highest BCUT2D eigenvalue weighted by Gasteiger charge is 2.15. The lowest BCUT2D eigenvalue weighted by molar-refractivity contribution is -0.139. The fourth-order valence-corrected chi connectivity index (χ4v) is 6.85. The Kier molecular flexibility index (Phi) is 39.0. The van der Waals surface area contributed by atoms with Crippen LogP contribution in [0.5, 0.6) is 0 Å². The summed E-state index contributed by atoms with van der Waals surface area (Å²) < 4.78 is 0. The highest BCUT2D eigenvalue weighted by molar-refractivity contribution is 5.88. The van der Waals surface area contributed by atoms with Gasteiger partial charge in [-0.15, -0.1) is 0 Å². The van der Waals surface area contributed by atoms with Crippen molar-refractivity contribution in [2.75, 3.05) is 39.3 Å². The van der Waals surface area contributed by atoms with Crippen molar-refractivity contribution in [1.82, 2.24) is 15.1 Å². The van der Waals surface area contributed by atoms with Gasteiger partial charge >= 0.3 is 11.9 Å². The first-order chi connectivity index (χ1) is 26.8. The maximum absolute atomic E-state index is 13.0. The number of carboxylic acids is 2. The van der Waals surface area contributed by atoms with Crippen molar-refractivity contribution in [3.8, 4) is 0 Å². The summed E-state index contributed by atoms with van der Waals surface area (Å²) in [4.78, 5) is 51.4. The van der Waals surface area contributed by atoms with Crippen molar-refractivity contribution in [3.63, 3.8) is 0 Å². The Morgan fingerprint density at radius 3 is 1.25 bits per heavy atom. The molecule has 0 aliphatic heterocycles. The zero-order chi connectivity index (χ0) is 40.5. The molecule has 0 saturated heterocycles. The molecule has 0 aliphatic rings. The molecule has 0 radical (unpaired) electrons. The van der Waals surface area contributed by atoms with Gasteiger partial charge in [0.1, 0.15) is 0 Å². The Morgan fingerprint density at radius 1 is 0.455 bits per heavy atom. The zero-order valence-corrected chi connectivity index (χ0v) is 35.7. The molecule has 0 aromatic rings. The molecule has 9 nitrogen and oxygen atoms in total. The molecule has 0 heterocycles. The summed E-state index contributed by atoms with van der Waals surface area (Å²) in [5, 5.41) is 21.4. The van der Waals surface area contributed by atoms with Gasteiger partial charge in [-0.05, 0) is 37.8 Å². The van der Waals surface area contributed by atoms with Gasteiger partial charge in [0, 0.05) is 39.3 Å². The molecule has 3 N–H and O–H groups in total. The van der Waals surface area contributed by atoms with Crippen LogP contribution in [-0.4, -0.2) is 83.0 Å². The normalized spacial score (nSPS) is 11.6. The standard InChI is InChI=1S/C46H85N3O6/c1-3-5-7-9-11-13-15-17-19-21-23-25-27-29-31-33-43(50)47-37-40-48(38-35-45(52)53)41-42-49(39-36-46(54)55)44(51)34-32-30-28-26-24-22-20-18-16-14-12-10-8-6-4-2/h31-34H,3-30,35-42H2,1-2H3,(H,47,50)(H,52,53)(H,54,55). The molecule has 9 heteroatoms. The Balaban J connectivity index is 4.37. The molecule has 0 aromatic heterocycles.